The fourth-order valence-electron chi connectivity index (χ4n) is 2.39. The number of hydrogen-bond acceptors (Lipinski definition) is 4. The van der Waals surface area contributed by atoms with Gasteiger partial charge < -0.3 is 9.47 Å². The van der Waals surface area contributed by atoms with Crippen molar-refractivity contribution in [1.29, 1.82) is 0 Å². The summed E-state index contributed by atoms with van der Waals surface area (Å²) in [7, 11) is -3.95. The predicted octanol–water partition coefficient (Wildman–Crippen LogP) is 2.84. The van der Waals surface area contributed by atoms with Gasteiger partial charge in [0.15, 0.2) is 4.90 Å². The maximum absolute atomic E-state index is 12.0. The van der Waals surface area contributed by atoms with Gasteiger partial charge in [0.25, 0.3) is 0 Å². The molecule has 1 fully saturated rings. The Kier molecular flexibility index (Phi) is 4.54. The molecule has 2 aromatic rings. The second kappa shape index (κ2) is 6.60. The smallest absolute Gasteiger partial charge is 0.245 e. The largest absolute Gasteiger partial charge is 0.489 e. The molecule has 0 bridgehead atoms. The summed E-state index contributed by atoms with van der Waals surface area (Å²) in [5.41, 5.74) is 0.943. The first-order valence-corrected chi connectivity index (χ1v) is 9.08. The van der Waals surface area contributed by atoms with Crippen LogP contribution in [0.1, 0.15) is 24.8 Å². The van der Waals surface area contributed by atoms with Crippen LogP contribution in [0, 0.1) is 0 Å². The third-order valence-electron chi connectivity index (χ3n) is 3.81. The van der Waals surface area contributed by atoms with Crippen LogP contribution >= 0.6 is 0 Å². The zero-order valence-corrected chi connectivity index (χ0v) is 13.5. The van der Waals surface area contributed by atoms with Crippen molar-refractivity contribution >= 4 is 10.0 Å². The molecule has 1 aliphatic rings. The molecular weight excluding hydrogens is 314 g/mol. The monoisotopic (exact) mass is 333 g/mol. The van der Waals surface area contributed by atoms with Gasteiger partial charge in [0.05, 0.1) is 6.10 Å². The van der Waals surface area contributed by atoms with Crippen LogP contribution in [0.3, 0.4) is 0 Å². The minimum Gasteiger partial charge on any atom is -0.489 e. The molecule has 0 atom stereocenters. The Morgan fingerprint density at radius 1 is 1.00 bits per heavy atom. The summed E-state index contributed by atoms with van der Waals surface area (Å²) in [6, 6.07) is 14.4. The molecule has 0 spiro atoms. The molecule has 0 unspecified atom stereocenters. The second-order valence-corrected chi connectivity index (χ2v) is 7.07. The summed E-state index contributed by atoms with van der Waals surface area (Å²) in [5.74, 6) is 0.482. The summed E-state index contributed by atoms with van der Waals surface area (Å²) in [6.45, 7) is 0.260. The Labute approximate surface area is 136 Å². The molecule has 0 heterocycles. The van der Waals surface area contributed by atoms with E-state index in [1.54, 1.807) is 18.2 Å². The Balaban J connectivity index is 1.87. The average molecular weight is 333 g/mol. The van der Waals surface area contributed by atoms with Gasteiger partial charge in [-0.2, -0.15) is 0 Å². The number of rotatable bonds is 6. The quantitative estimate of drug-likeness (QED) is 0.881. The summed E-state index contributed by atoms with van der Waals surface area (Å²) in [6.07, 6.45) is 3.01. The highest BCUT2D eigenvalue weighted by Crippen LogP contribution is 2.35. The van der Waals surface area contributed by atoms with Crippen LogP contribution in [-0.4, -0.2) is 14.5 Å². The number of ether oxygens (including phenoxy) is 2. The molecule has 0 amide bonds. The molecule has 3 rings (SSSR count). The van der Waals surface area contributed by atoms with E-state index < -0.39 is 10.0 Å². The molecule has 5 nitrogen and oxygen atoms in total. The van der Waals surface area contributed by atoms with Crippen LogP contribution in [0.15, 0.2) is 53.4 Å². The van der Waals surface area contributed by atoms with E-state index in [-0.39, 0.29) is 29.1 Å². The van der Waals surface area contributed by atoms with Crippen molar-refractivity contribution in [3.63, 3.8) is 0 Å². The zero-order chi connectivity index (χ0) is 16.3. The Morgan fingerprint density at radius 3 is 2.30 bits per heavy atom. The summed E-state index contributed by atoms with van der Waals surface area (Å²) in [4.78, 5) is -0.0807. The van der Waals surface area contributed by atoms with Gasteiger partial charge in [-0.05, 0) is 37.0 Å². The Morgan fingerprint density at radius 2 is 1.70 bits per heavy atom. The van der Waals surface area contributed by atoms with Gasteiger partial charge >= 0.3 is 0 Å². The van der Waals surface area contributed by atoms with E-state index in [0.717, 1.165) is 24.8 Å². The number of primary sulfonamides is 1. The first-order valence-electron chi connectivity index (χ1n) is 7.53. The Hall–Kier alpha value is -2.05. The van der Waals surface area contributed by atoms with Gasteiger partial charge in [-0.1, -0.05) is 36.4 Å². The molecule has 0 saturated heterocycles. The van der Waals surface area contributed by atoms with Crippen molar-refractivity contribution in [2.24, 2.45) is 5.14 Å². The van der Waals surface area contributed by atoms with Crippen molar-refractivity contribution in [3.05, 3.63) is 54.1 Å². The summed E-state index contributed by atoms with van der Waals surface area (Å²) >= 11 is 0. The van der Waals surface area contributed by atoms with Gasteiger partial charge in [0.1, 0.15) is 18.1 Å². The minimum absolute atomic E-state index is 0.0554. The van der Waals surface area contributed by atoms with E-state index in [0.29, 0.717) is 0 Å². The van der Waals surface area contributed by atoms with Crippen LogP contribution in [0.4, 0.5) is 0 Å². The van der Waals surface area contributed by atoms with Crippen molar-refractivity contribution in [2.45, 2.75) is 36.9 Å². The first kappa shape index (κ1) is 15.8. The van der Waals surface area contributed by atoms with E-state index >= 15 is 0 Å². The molecule has 0 aromatic heterocycles. The number of hydrogen-bond donors (Lipinski definition) is 1. The highest BCUT2D eigenvalue weighted by molar-refractivity contribution is 7.89. The molecule has 2 N–H and O–H groups in total. The maximum atomic E-state index is 12.0. The number of nitrogens with two attached hydrogens (primary N) is 1. The average Bonchev–Trinajstić information content (AvgIpc) is 2.49. The summed E-state index contributed by atoms with van der Waals surface area (Å²) < 4.78 is 35.4. The van der Waals surface area contributed by atoms with Crippen LogP contribution in [-0.2, 0) is 16.6 Å². The predicted molar refractivity (Wildman–Crippen MR) is 86.9 cm³/mol. The fourth-order valence-corrected chi connectivity index (χ4v) is 3.19. The zero-order valence-electron chi connectivity index (χ0n) is 12.6. The first-order chi connectivity index (χ1) is 11.0. The lowest BCUT2D eigenvalue weighted by Crippen LogP contribution is -2.26. The lowest BCUT2D eigenvalue weighted by Gasteiger charge is -2.27. The third kappa shape index (κ3) is 3.83. The topological polar surface area (TPSA) is 78.6 Å². The SMILES string of the molecule is NS(=O)(=O)c1c(OCc2ccccc2)cccc1OC1CCC1. The van der Waals surface area contributed by atoms with Crippen LogP contribution in [0.25, 0.3) is 0 Å². The molecule has 0 radical (unpaired) electrons. The minimum atomic E-state index is -3.95. The van der Waals surface area contributed by atoms with Crippen LogP contribution in [0.5, 0.6) is 11.5 Å². The van der Waals surface area contributed by atoms with Gasteiger partial charge in [-0.15, -0.1) is 0 Å². The highest BCUT2D eigenvalue weighted by Gasteiger charge is 2.26. The number of benzene rings is 2. The van der Waals surface area contributed by atoms with E-state index in [9.17, 15) is 8.42 Å². The molecule has 6 heteroatoms. The van der Waals surface area contributed by atoms with E-state index in [2.05, 4.69) is 0 Å². The van der Waals surface area contributed by atoms with Gasteiger partial charge in [-0.25, -0.2) is 13.6 Å². The second-order valence-electron chi connectivity index (χ2n) is 5.57. The van der Waals surface area contributed by atoms with Crippen molar-refractivity contribution in [2.75, 3.05) is 0 Å². The van der Waals surface area contributed by atoms with E-state index in [4.69, 9.17) is 14.6 Å². The molecule has 1 saturated carbocycles. The maximum Gasteiger partial charge on any atom is 0.245 e. The van der Waals surface area contributed by atoms with Crippen molar-refractivity contribution in [1.82, 2.24) is 0 Å². The lowest BCUT2D eigenvalue weighted by molar-refractivity contribution is 0.115. The van der Waals surface area contributed by atoms with Crippen molar-refractivity contribution in [3.8, 4) is 11.5 Å². The Bertz CT molecular complexity index is 770. The van der Waals surface area contributed by atoms with Crippen molar-refractivity contribution < 1.29 is 17.9 Å². The molecule has 0 aliphatic heterocycles. The molecular formula is C17H19NO4S. The molecule has 1 aliphatic carbocycles. The number of sulfonamides is 1. The fraction of sp³-hybridized carbons (Fsp3) is 0.294. The van der Waals surface area contributed by atoms with Gasteiger partial charge in [0.2, 0.25) is 10.0 Å². The molecule has 23 heavy (non-hydrogen) atoms. The van der Waals surface area contributed by atoms with E-state index in [1.165, 1.54) is 0 Å². The molecule has 2 aromatic carbocycles. The third-order valence-corrected chi connectivity index (χ3v) is 4.78. The highest BCUT2D eigenvalue weighted by atomic mass is 32.2. The summed E-state index contributed by atoms with van der Waals surface area (Å²) in [5, 5.41) is 5.37. The van der Waals surface area contributed by atoms with Crippen LogP contribution < -0.4 is 14.6 Å². The van der Waals surface area contributed by atoms with Crippen LogP contribution in [0.2, 0.25) is 0 Å². The lowest BCUT2D eigenvalue weighted by atomic mass is 9.96. The normalized spacial score (nSPS) is 15.0. The van der Waals surface area contributed by atoms with Gasteiger partial charge in [-0.3, -0.25) is 0 Å². The van der Waals surface area contributed by atoms with Gasteiger partial charge in [0, 0.05) is 0 Å². The van der Waals surface area contributed by atoms with E-state index in [1.807, 2.05) is 30.3 Å². The molecule has 122 valence electrons. The standard InChI is InChI=1S/C17H19NO4S/c18-23(19,20)17-15(21-12-13-6-2-1-3-7-13)10-5-11-16(17)22-14-8-4-9-14/h1-3,5-7,10-11,14H,4,8-9,12H2,(H2,18,19,20).